The van der Waals surface area contributed by atoms with Gasteiger partial charge in [0.25, 0.3) is 0 Å². The summed E-state index contributed by atoms with van der Waals surface area (Å²) in [5.41, 5.74) is 7.73. The van der Waals surface area contributed by atoms with Crippen LogP contribution in [0, 0.1) is 11.7 Å². The quantitative estimate of drug-likeness (QED) is 0.497. The average Bonchev–Trinajstić information content (AvgIpc) is 3.62. The first-order valence-corrected chi connectivity index (χ1v) is 14.7. The lowest BCUT2D eigenvalue weighted by atomic mass is 9.79. The van der Waals surface area contributed by atoms with Crippen LogP contribution in [0.4, 0.5) is 10.2 Å². The summed E-state index contributed by atoms with van der Waals surface area (Å²) in [6.45, 7) is 2.01. The molecular formula is C28H32FN5O3S. The second-order valence-corrected chi connectivity index (χ2v) is 12.3. The maximum Gasteiger partial charge on any atom is 0.225 e. The highest BCUT2D eigenvalue weighted by Crippen LogP contribution is 2.46. The van der Waals surface area contributed by atoms with E-state index in [0.717, 1.165) is 63.1 Å². The molecule has 0 radical (unpaired) electrons. The predicted molar refractivity (Wildman–Crippen MR) is 145 cm³/mol. The molecule has 7 rings (SSSR count). The van der Waals surface area contributed by atoms with Crippen molar-refractivity contribution in [2.24, 2.45) is 5.92 Å². The van der Waals surface area contributed by atoms with Crippen LogP contribution in [0.5, 0.6) is 5.75 Å². The van der Waals surface area contributed by atoms with Gasteiger partial charge in [-0.25, -0.2) is 14.4 Å². The molecule has 2 bridgehead atoms. The fraction of sp³-hybridized carbons (Fsp3) is 0.536. The van der Waals surface area contributed by atoms with Crippen molar-refractivity contribution in [3.05, 3.63) is 36.5 Å². The van der Waals surface area contributed by atoms with E-state index < -0.39 is 5.82 Å². The zero-order valence-electron chi connectivity index (χ0n) is 21.3. The molecule has 1 aliphatic carbocycles. The number of fused-ring (bicyclic) bond motifs is 3. The first-order valence-electron chi connectivity index (χ1n) is 13.6. The third kappa shape index (κ3) is 4.04. The van der Waals surface area contributed by atoms with Crippen molar-refractivity contribution in [2.75, 3.05) is 36.9 Å². The summed E-state index contributed by atoms with van der Waals surface area (Å²) in [4.78, 5) is 23.7. The van der Waals surface area contributed by atoms with E-state index in [4.69, 9.17) is 15.2 Å². The lowest BCUT2D eigenvalue weighted by Gasteiger charge is -2.39. The summed E-state index contributed by atoms with van der Waals surface area (Å²) in [7, 11) is 0. The molecule has 38 heavy (non-hydrogen) atoms. The SMILES string of the molecule is Nc1ncnc2c1c(-c1cccc(OCC34CCC(CC3)O4)c1F)cn2C1CC(C(=O)N2CCSCC2)C1. The van der Waals surface area contributed by atoms with Gasteiger partial charge in [0.1, 0.15) is 30.0 Å². The molecule has 1 saturated carbocycles. The Bertz CT molecular complexity index is 1380. The van der Waals surface area contributed by atoms with Gasteiger partial charge >= 0.3 is 0 Å². The van der Waals surface area contributed by atoms with Crippen molar-refractivity contribution in [1.82, 2.24) is 19.4 Å². The number of nitrogens with zero attached hydrogens (tertiary/aromatic N) is 4. The Balaban J connectivity index is 1.16. The number of anilines is 1. The number of hydrogen-bond acceptors (Lipinski definition) is 7. The summed E-state index contributed by atoms with van der Waals surface area (Å²) in [6, 6.07) is 5.31. The zero-order chi connectivity index (χ0) is 25.9. The van der Waals surface area contributed by atoms with Crippen LogP contribution in [0.25, 0.3) is 22.2 Å². The molecule has 4 fully saturated rings. The number of hydrogen-bond donors (Lipinski definition) is 1. The van der Waals surface area contributed by atoms with Crippen molar-refractivity contribution in [1.29, 1.82) is 0 Å². The zero-order valence-corrected chi connectivity index (χ0v) is 22.1. The van der Waals surface area contributed by atoms with Crippen LogP contribution in [0.3, 0.4) is 0 Å². The number of thioether (sulfide) groups is 1. The Morgan fingerprint density at radius 3 is 2.71 bits per heavy atom. The predicted octanol–water partition coefficient (Wildman–Crippen LogP) is 4.44. The maximum atomic E-state index is 15.9. The molecule has 3 aliphatic heterocycles. The number of amides is 1. The molecule has 10 heteroatoms. The third-order valence-corrected chi connectivity index (χ3v) is 9.76. The highest BCUT2D eigenvalue weighted by atomic mass is 32.2. The van der Waals surface area contributed by atoms with Gasteiger partial charge in [0.2, 0.25) is 5.91 Å². The number of nitrogen functional groups attached to an aromatic ring is 1. The first kappa shape index (κ1) is 24.2. The maximum absolute atomic E-state index is 15.9. The number of nitrogens with two attached hydrogens (primary N) is 1. The number of benzene rings is 1. The minimum absolute atomic E-state index is 0.0176. The van der Waals surface area contributed by atoms with Crippen LogP contribution >= 0.6 is 11.8 Å². The summed E-state index contributed by atoms with van der Waals surface area (Å²) in [5, 5.41) is 0.628. The van der Waals surface area contributed by atoms with Crippen molar-refractivity contribution in [3.8, 4) is 16.9 Å². The fourth-order valence-corrected chi connectivity index (χ4v) is 7.48. The lowest BCUT2D eigenvalue weighted by Crippen LogP contribution is -2.45. The highest BCUT2D eigenvalue weighted by Gasteiger charge is 2.47. The number of aromatic nitrogens is 3. The van der Waals surface area contributed by atoms with E-state index in [0.29, 0.717) is 40.7 Å². The molecule has 2 N–H and O–H groups in total. The van der Waals surface area contributed by atoms with E-state index >= 15 is 4.39 Å². The second kappa shape index (κ2) is 9.41. The molecule has 2 aromatic heterocycles. The summed E-state index contributed by atoms with van der Waals surface area (Å²) >= 11 is 1.90. The van der Waals surface area contributed by atoms with Crippen LogP contribution in [0.1, 0.15) is 44.6 Å². The van der Waals surface area contributed by atoms with E-state index in [2.05, 4.69) is 14.5 Å². The number of ether oxygens (including phenoxy) is 2. The van der Waals surface area contributed by atoms with Gasteiger partial charge in [-0.1, -0.05) is 12.1 Å². The summed E-state index contributed by atoms with van der Waals surface area (Å²) in [5.74, 6) is 2.37. The molecule has 8 nitrogen and oxygen atoms in total. The number of carbonyl (C=O) groups is 1. The van der Waals surface area contributed by atoms with E-state index in [1.807, 2.05) is 22.9 Å². The van der Waals surface area contributed by atoms with Crippen LogP contribution < -0.4 is 10.5 Å². The smallest absolute Gasteiger partial charge is 0.225 e. The Labute approximate surface area is 225 Å². The molecule has 1 amide bonds. The van der Waals surface area contributed by atoms with Gasteiger partial charge in [0, 0.05) is 53.9 Å². The number of carbonyl (C=O) groups excluding carboxylic acids is 1. The van der Waals surface area contributed by atoms with Crippen molar-refractivity contribution >= 4 is 34.5 Å². The topological polar surface area (TPSA) is 95.5 Å². The second-order valence-electron chi connectivity index (χ2n) is 11.1. The normalized spacial score (nSPS) is 28.6. The van der Waals surface area contributed by atoms with Crippen LogP contribution in [-0.4, -0.2) is 68.2 Å². The van der Waals surface area contributed by atoms with Gasteiger partial charge < -0.3 is 24.7 Å². The van der Waals surface area contributed by atoms with Crippen molar-refractivity contribution in [2.45, 2.75) is 56.3 Å². The van der Waals surface area contributed by atoms with Crippen molar-refractivity contribution in [3.63, 3.8) is 0 Å². The van der Waals surface area contributed by atoms with E-state index in [1.54, 1.807) is 18.2 Å². The van der Waals surface area contributed by atoms with Gasteiger partial charge in [-0.3, -0.25) is 4.79 Å². The van der Waals surface area contributed by atoms with Gasteiger partial charge in [-0.2, -0.15) is 11.8 Å². The monoisotopic (exact) mass is 537 g/mol. The molecule has 200 valence electrons. The Kier molecular flexibility index (Phi) is 6.00. The largest absolute Gasteiger partial charge is 0.487 e. The standard InChI is InChI=1S/C28H32FN5O3S/c29-24-20(2-1-3-22(24)36-15-28-6-4-19(37-28)5-7-28)21-14-34(26-23(21)25(30)31-16-32-26)18-12-17(13-18)27(35)33-8-10-38-11-9-33/h1-3,14,16-19H,4-13,15H2,(H2,30,31,32). The molecule has 1 aromatic carbocycles. The molecule has 4 aliphatic rings. The minimum Gasteiger partial charge on any atom is -0.487 e. The molecule has 0 atom stereocenters. The fourth-order valence-electron chi connectivity index (χ4n) is 6.57. The number of rotatable bonds is 6. The minimum atomic E-state index is -0.427. The van der Waals surface area contributed by atoms with Crippen LogP contribution in [-0.2, 0) is 9.53 Å². The Hall–Kier alpha value is -2.85. The van der Waals surface area contributed by atoms with Gasteiger partial charge in [-0.15, -0.1) is 0 Å². The van der Waals surface area contributed by atoms with Crippen LogP contribution in [0.15, 0.2) is 30.7 Å². The van der Waals surface area contributed by atoms with E-state index in [1.165, 1.54) is 6.33 Å². The van der Waals surface area contributed by atoms with Gasteiger partial charge in [0.05, 0.1) is 11.5 Å². The van der Waals surface area contributed by atoms with Gasteiger partial charge in [-0.05, 0) is 44.6 Å². The highest BCUT2D eigenvalue weighted by molar-refractivity contribution is 7.99. The Morgan fingerprint density at radius 1 is 1.18 bits per heavy atom. The average molecular weight is 538 g/mol. The summed E-state index contributed by atoms with van der Waals surface area (Å²) < 4.78 is 30.1. The lowest BCUT2D eigenvalue weighted by molar-refractivity contribution is -0.139. The third-order valence-electron chi connectivity index (χ3n) is 8.82. The molecule has 3 aromatic rings. The van der Waals surface area contributed by atoms with Gasteiger partial charge in [0.15, 0.2) is 11.6 Å². The number of halogens is 1. The van der Waals surface area contributed by atoms with Crippen LogP contribution in [0.2, 0.25) is 0 Å². The molecule has 3 saturated heterocycles. The van der Waals surface area contributed by atoms with E-state index in [-0.39, 0.29) is 29.2 Å². The molecular weight excluding hydrogens is 505 g/mol. The van der Waals surface area contributed by atoms with E-state index in [9.17, 15) is 4.79 Å². The molecule has 0 unspecified atom stereocenters. The first-order chi connectivity index (χ1) is 18.5. The molecule has 0 spiro atoms. The molecule has 5 heterocycles. The Morgan fingerprint density at radius 2 is 1.97 bits per heavy atom. The van der Waals surface area contributed by atoms with Crippen molar-refractivity contribution < 1.29 is 18.7 Å². The summed E-state index contributed by atoms with van der Waals surface area (Å²) in [6.07, 6.45) is 9.19.